The number of piperidine rings is 1. The third-order valence-corrected chi connectivity index (χ3v) is 4.90. The van der Waals surface area contributed by atoms with Crippen molar-refractivity contribution in [3.05, 3.63) is 30.3 Å². The van der Waals surface area contributed by atoms with Gasteiger partial charge in [-0.3, -0.25) is 4.79 Å². The molecule has 1 amide bonds. The molecule has 0 aliphatic carbocycles. The second kappa shape index (κ2) is 9.07. The SMILES string of the molecule is CCCC(O)(CCC)CC(=O)N1CCC(Nc2ccccc2)CC1. The fourth-order valence-corrected chi connectivity index (χ4v) is 3.67. The summed E-state index contributed by atoms with van der Waals surface area (Å²) >= 11 is 0. The van der Waals surface area contributed by atoms with Gasteiger partial charge in [0.2, 0.25) is 5.91 Å². The van der Waals surface area contributed by atoms with E-state index in [-0.39, 0.29) is 12.3 Å². The van der Waals surface area contributed by atoms with Gasteiger partial charge in [-0.1, -0.05) is 44.9 Å². The molecule has 1 aromatic carbocycles. The third-order valence-electron chi connectivity index (χ3n) is 4.90. The maximum Gasteiger partial charge on any atom is 0.225 e. The lowest BCUT2D eigenvalue weighted by molar-refractivity contribution is -0.138. The second-order valence-electron chi connectivity index (χ2n) is 7.07. The number of hydrogen-bond acceptors (Lipinski definition) is 3. The summed E-state index contributed by atoms with van der Waals surface area (Å²) in [6.45, 7) is 5.67. The van der Waals surface area contributed by atoms with Crippen LogP contribution >= 0.6 is 0 Å². The van der Waals surface area contributed by atoms with E-state index in [1.54, 1.807) is 0 Å². The second-order valence-corrected chi connectivity index (χ2v) is 7.07. The molecule has 1 aliphatic heterocycles. The molecule has 1 heterocycles. The molecule has 0 radical (unpaired) electrons. The Labute approximate surface area is 146 Å². The zero-order chi connectivity index (χ0) is 17.4. The molecule has 0 saturated carbocycles. The molecule has 24 heavy (non-hydrogen) atoms. The van der Waals surface area contributed by atoms with Crippen molar-refractivity contribution >= 4 is 11.6 Å². The Balaban J connectivity index is 1.81. The number of amides is 1. The average Bonchev–Trinajstić information content (AvgIpc) is 2.56. The molecule has 2 rings (SSSR count). The summed E-state index contributed by atoms with van der Waals surface area (Å²) in [5.41, 5.74) is 0.322. The maximum atomic E-state index is 12.6. The van der Waals surface area contributed by atoms with Crippen LogP contribution in [0.1, 0.15) is 58.8 Å². The molecule has 0 aromatic heterocycles. The van der Waals surface area contributed by atoms with Crippen LogP contribution in [0.4, 0.5) is 5.69 Å². The summed E-state index contributed by atoms with van der Waals surface area (Å²) in [5.74, 6) is 0.109. The molecule has 0 bridgehead atoms. The van der Waals surface area contributed by atoms with Gasteiger partial charge < -0.3 is 15.3 Å². The summed E-state index contributed by atoms with van der Waals surface area (Å²) in [7, 11) is 0. The Bertz CT molecular complexity index is 490. The molecule has 1 aromatic rings. The van der Waals surface area contributed by atoms with Crippen LogP contribution in [-0.4, -0.2) is 40.6 Å². The highest BCUT2D eigenvalue weighted by Gasteiger charge is 2.31. The molecule has 4 heteroatoms. The van der Waals surface area contributed by atoms with E-state index in [1.165, 1.54) is 0 Å². The number of likely N-dealkylation sites (tertiary alicyclic amines) is 1. The number of carbonyl (C=O) groups excluding carboxylic acids is 1. The minimum absolute atomic E-state index is 0.109. The smallest absolute Gasteiger partial charge is 0.225 e. The van der Waals surface area contributed by atoms with Gasteiger partial charge >= 0.3 is 0 Å². The van der Waals surface area contributed by atoms with Crippen LogP contribution in [0.15, 0.2) is 30.3 Å². The van der Waals surface area contributed by atoms with Crippen molar-refractivity contribution in [1.29, 1.82) is 0 Å². The van der Waals surface area contributed by atoms with E-state index in [0.29, 0.717) is 18.9 Å². The number of para-hydroxylation sites is 1. The van der Waals surface area contributed by atoms with Crippen LogP contribution in [0.3, 0.4) is 0 Å². The maximum absolute atomic E-state index is 12.6. The van der Waals surface area contributed by atoms with Crippen molar-refractivity contribution in [3.8, 4) is 0 Å². The number of hydrogen-bond donors (Lipinski definition) is 2. The first-order valence-corrected chi connectivity index (χ1v) is 9.38. The minimum Gasteiger partial charge on any atom is -0.389 e. The highest BCUT2D eigenvalue weighted by molar-refractivity contribution is 5.77. The first-order chi connectivity index (χ1) is 11.6. The van der Waals surface area contributed by atoms with Gasteiger partial charge in [0.25, 0.3) is 0 Å². The Kier molecular flexibility index (Phi) is 7.10. The molecular weight excluding hydrogens is 300 g/mol. The van der Waals surface area contributed by atoms with Crippen LogP contribution in [0.25, 0.3) is 0 Å². The van der Waals surface area contributed by atoms with Crippen molar-refractivity contribution in [2.75, 3.05) is 18.4 Å². The van der Waals surface area contributed by atoms with Gasteiger partial charge in [0, 0.05) is 24.8 Å². The van der Waals surface area contributed by atoms with E-state index < -0.39 is 5.60 Å². The number of aliphatic hydroxyl groups is 1. The van der Waals surface area contributed by atoms with E-state index >= 15 is 0 Å². The van der Waals surface area contributed by atoms with Crippen molar-refractivity contribution in [1.82, 2.24) is 4.90 Å². The van der Waals surface area contributed by atoms with Crippen LogP contribution < -0.4 is 5.32 Å². The lowest BCUT2D eigenvalue weighted by Gasteiger charge is -2.35. The van der Waals surface area contributed by atoms with Gasteiger partial charge in [0.1, 0.15) is 0 Å². The summed E-state index contributed by atoms with van der Waals surface area (Å²) in [6, 6.07) is 10.6. The Morgan fingerprint density at radius 2 is 1.75 bits per heavy atom. The molecule has 0 unspecified atom stereocenters. The summed E-state index contributed by atoms with van der Waals surface area (Å²) in [6.07, 6.45) is 5.42. The van der Waals surface area contributed by atoms with E-state index in [1.807, 2.05) is 23.1 Å². The van der Waals surface area contributed by atoms with Gasteiger partial charge in [-0.05, 0) is 37.8 Å². The van der Waals surface area contributed by atoms with E-state index in [2.05, 4.69) is 31.3 Å². The summed E-state index contributed by atoms with van der Waals surface area (Å²) in [4.78, 5) is 14.5. The van der Waals surface area contributed by atoms with Crippen molar-refractivity contribution in [2.45, 2.75) is 70.4 Å². The molecule has 134 valence electrons. The number of carbonyl (C=O) groups is 1. The topological polar surface area (TPSA) is 52.6 Å². The molecule has 2 N–H and O–H groups in total. The molecule has 1 saturated heterocycles. The van der Waals surface area contributed by atoms with Gasteiger partial charge in [0.05, 0.1) is 12.0 Å². The van der Waals surface area contributed by atoms with Gasteiger partial charge in [-0.15, -0.1) is 0 Å². The van der Waals surface area contributed by atoms with Crippen LogP contribution in [0.5, 0.6) is 0 Å². The van der Waals surface area contributed by atoms with Crippen LogP contribution in [0, 0.1) is 0 Å². The van der Waals surface area contributed by atoms with Crippen molar-refractivity contribution < 1.29 is 9.90 Å². The van der Waals surface area contributed by atoms with Crippen LogP contribution in [0.2, 0.25) is 0 Å². The number of rotatable bonds is 8. The highest BCUT2D eigenvalue weighted by atomic mass is 16.3. The third kappa shape index (κ3) is 5.52. The van der Waals surface area contributed by atoms with Gasteiger partial charge in [-0.25, -0.2) is 0 Å². The number of anilines is 1. The zero-order valence-electron chi connectivity index (χ0n) is 15.1. The Morgan fingerprint density at radius 3 is 2.29 bits per heavy atom. The Morgan fingerprint density at radius 1 is 1.17 bits per heavy atom. The fourth-order valence-electron chi connectivity index (χ4n) is 3.67. The van der Waals surface area contributed by atoms with Gasteiger partial charge in [-0.2, -0.15) is 0 Å². The van der Waals surface area contributed by atoms with Crippen molar-refractivity contribution in [2.24, 2.45) is 0 Å². The summed E-state index contributed by atoms with van der Waals surface area (Å²) in [5, 5.41) is 14.2. The normalized spacial score (nSPS) is 16.2. The van der Waals surface area contributed by atoms with Gasteiger partial charge in [0.15, 0.2) is 0 Å². The molecule has 0 atom stereocenters. The van der Waals surface area contributed by atoms with Crippen LogP contribution in [-0.2, 0) is 4.79 Å². The number of benzene rings is 1. The number of nitrogens with zero attached hydrogens (tertiary/aromatic N) is 1. The quantitative estimate of drug-likeness (QED) is 0.761. The highest BCUT2D eigenvalue weighted by Crippen LogP contribution is 2.26. The molecule has 1 fully saturated rings. The standard InChI is InChI=1S/C20H32N2O2/c1-3-12-20(24,13-4-2)16-19(23)22-14-10-18(11-15-22)21-17-8-6-5-7-9-17/h5-9,18,21,24H,3-4,10-16H2,1-2H3. The van der Waals surface area contributed by atoms with E-state index in [9.17, 15) is 9.90 Å². The largest absolute Gasteiger partial charge is 0.389 e. The average molecular weight is 332 g/mol. The number of nitrogens with one attached hydrogen (secondary N) is 1. The predicted molar refractivity (Wildman–Crippen MR) is 99.0 cm³/mol. The first-order valence-electron chi connectivity index (χ1n) is 9.38. The molecular formula is C20H32N2O2. The lowest BCUT2D eigenvalue weighted by atomic mass is 9.88. The predicted octanol–water partition coefficient (Wildman–Crippen LogP) is 3.81. The lowest BCUT2D eigenvalue weighted by Crippen LogP contribution is -2.45. The Hall–Kier alpha value is -1.55. The first kappa shape index (κ1) is 18.8. The fraction of sp³-hybridized carbons (Fsp3) is 0.650. The van der Waals surface area contributed by atoms with Crippen molar-refractivity contribution in [3.63, 3.8) is 0 Å². The summed E-state index contributed by atoms with van der Waals surface area (Å²) < 4.78 is 0. The van der Waals surface area contributed by atoms with E-state index in [4.69, 9.17) is 0 Å². The molecule has 0 spiro atoms. The van der Waals surface area contributed by atoms with E-state index in [0.717, 1.165) is 44.5 Å². The monoisotopic (exact) mass is 332 g/mol. The zero-order valence-corrected chi connectivity index (χ0v) is 15.1. The minimum atomic E-state index is -0.820. The molecule has 4 nitrogen and oxygen atoms in total. The molecule has 1 aliphatic rings.